The SMILES string of the molecule is COc1ccccc1CC(=O)N1CCC[C@H]1c1nc(-c2ccc(C)cc2)no1. The number of amides is 1. The summed E-state index contributed by atoms with van der Waals surface area (Å²) in [6, 6.07) is 15.4. The summed E-state index contributed by atoms with van der Waals surface area (Å²) < 4.78 is 10.9. The van der Waals surface area contributed by atoms with Gasteiger partial charge in [-0.25, -0.2) is 0 Å². The molecule has 1 aromatic heterocycles. The van der Waals surface area contributed by atoms with Gasteiger partial charge in [0.15, 0.2) is 0 Å². The van der Waals surface area contributed by atoms with Gasteiger partial charge in [0.25, 0.3) is 0 Å². The van der Waals surface area contributed by atoms with Crippen molar-refractivity contribution in [2.75, 3.05) is 13.7 Å². The van der Waals surface area contributed by atoms with E-state index < -0.39 is 0 Å². The van der Waals surface area contributed by atoms with Crippen molar-refractivity contribution in [1.29, 1.82) is 0 Å². The predicted octanol–water partition coefficient (Wildman–Crippen LogP) is 3.96. The second-order valence-electron chi connectivity index (χ2n) is 7.06. The van der Waals surface area contributed by atoms with Gasteiger partial charge >= 0.3 is 0 Å². The third-order valence-corrected chi connectivity index (χ3v) is 5.14. The maximum Gasteiger partial charge on any atom is 0.249 e. The summed E-state index contributed by atoms with van der Waals surface area (Å²) in [5.74, 6) is 1.83. The number of para-hydroxylation sites is 1. The molecular weight excluding hydrogens is 354 g/mol. The number of ether oxygens (including phenoxy) is 1. The Bertz CT molecular complexity index is 965. The number of aryl methyl sites for hydroxylation is 1. The molecule has 1 atom stereocenters. The van der Waals surface area contributed by atoms with Gasteiger partial charge in [-0.1, -0.05) is 53.2 Å². The van der Waals surface area contributed by atoms with E-state index in [9.17, 15) is 4.79 Å². The number of likely N-dealkylation sites (tertiary alicyclic amines) is 1. The summed E-state index contributed by atoms with van der Waals surface area (Å²) in [4.78, 5) is 19.4. The zero-order valence-corrected chi connectivity index (χ0v) is 16.1. The van der Waals surface area contributed by atoms with Gasteiger partial charge in [-0.15, -0.1) is 0 Å². The van der Waals surface area contributed by atoms with E-state index in [0.29, 0.717) is 24.7 Å². The Morgan fingerprint density at radius 3 is 2.79 bits per heavy atom. The molecule has 0 radical (unpaired) electrons. The average Bonchev–Trinajstić information content (AvgIpc) is 3.38. The quantitative estimate of drug-likeness (QED) is 0.673. The van der Waals surface area contributed by atoms with Crippen LogP contribution in [0.5, 0.6) is 5.75 Å². The molecule has 2 heterocycles. The van der Waals surface area contributed by atoms with Crippen LogP contribution in [0, 0.1) is 6.92 Å². The molecular formula is C22H23N3O3. The van der Waals surface area contributed by atoms with Crippen LogP contribution in [-0.2, 0) is 11.2 Å². The first kappa shape index (κ1) is 18.2. The Labute approximate surface area is 164 Å². The lowest BCUT2D eigenvalue weighted by atomic mass is 10.1. The van der Waals surface area contributed by atoms with E-state index in [0.717, 1.165) is 29.7 Å². The molecule has 0 bridgehead atoms. The zero-order chi connectivity index (χ0) is 19.5. The highest BCUT2D eigenvalue weighted by Crippen LogP contribution is 2.33. The lowest BCUT2D eigenvalue weighted by molar-refractivity contribution is -0.131. The van der Waals surface area contributed by atoms with Crippen molar-refractivity contribution in [2.24, 2.45) is 0 Å². The number of hydrogen-bond acceptors (Lipinski definition) is 5. The summed E-state index contributed by atoms with van der Waals surface area (Å²) in [6.07, 6.45) is 2.04. The minimum atomic E-state index is -0.172. The lowest BCUT2D eigenvalue weighted by Crippen LogP contribution is -2.32. The number of rotatable bonds is 5. The third kappa shape index (κ3) is 3.63. The molecule has 0 N–H and O–H groups in total. The Morgan fingerprint density at radius 1 is 1.21 bits per heavy atom. The molecule has 0 saturated carbocycles. The number of aromatic nitrogens is 2. The van der Waals surface area contributed by atoms with Crippen LogP contribution in [0.2, 0.25) is 0 Å². The molecule has 1 amide bonds. The van der Waals surface area contributed by atoms with Crippen molar-refractivity contribution in [2.45, 2.75) is 32.2 Å². The number of benzene rings is 2. The number of hydrogen-bond donors (Lipinski definition) is 0. The van der Waals surface area contributed by atoms with Gasteiger partial charge in [0, 0.05) is 17.7 Å². The van der Waals surface area contributed by atoms with E-state index in [4.69, 9.17) is 9.26 Å². The molecule has 0 spiro atoms. The Hall–Kier alpha value is -3.15. The molecule has 6 heteroatoms. The van der Waals surface area contributed by atoms with E-state index in [1.807, 2.05) is 60.4 Å². The first-order valence-electron chi connectivity index (χ1n) is 9.47. The second-order valence-corrected chi connectivity index (χ2v) is 7.06. The fraction of sp³-hybridized carbons (Fsp3) is 0.318. The molecule has 2 aromatic carbocycles. The molecule has 3 aromatic rings. The fourth-order valence-electron chi connectivity index (χ4n) is 3.63. The highest BCUT2D eigenvalue weighted by molar-refractivity contribution is 5.80. The summed E-state index contributed by atoms with van der Waals surface area (Å²) in [5.41, 5.74) is 2.97. The van der Waals surface area contributed by atoms with Gasteiger partial charge in [-0.3, -0.25) is 4.79 Å². The fourth-order valence-corrected chi connectivity index (χ4v) is 3.63. The topological polar surface area (TPSA) is 68.5 Å². The third-order valence-electron chi connectivity index (χ3n) is 5.14. The Morgan fingerprint density at radius 2 is 2.00 bits per heavy atom. The molecule has 144 valence electrons. The van der Waals surface area contributed by atoms with Crippen LogP contribution >= 0.6 is 0 Å². The molecule has 6 nitrogen and oxygen atoms in total. The summed E-state index contributed by atoms with van der Waals surface area (Å²) >= 11 is 0. The van der Waals surface area contributed by atoms with E-state index in [1.54, 1.807) is 7.11 Å². The summed E-state index contributed by atoms with van der Waals surface area (Å²) in [6.45, 7) is 2.73. The van der Waals surface area contributed by atoms with Crippen LogP contribution in [0.3, 0.4) is 0 Å². The van der Waals surface area contributed by atoms with E-state index in [-0.39, 0.29) is 11.9 Å². The van der Waals surface area contributed by atoms with Crippen molar-refractivity contribution in [1.82, 2.24) is 15.0 Å². The largest absolute Gasteiger partial charge is 0.496 e. The highest BCUT2D eigenvalue weighted by atomic mass is 16.5. The minimum Gasteiger partial charge on any atom is -0.496 e. The van der Waals surface area contributed by atoms with Crippen molar-refractivity contribution in [3.05, 3.63) is 65.5 Å². The monoisotopic (exact) mass is 377 g/mol. The molecule has 1 fully saturated rings. The van der Waals surface area contributed by atoms with Gasteiger partial charge < -0.3 is 14.2 Å². The predicted molar refractivity (Wildman–Crippen MR) is 105 cm³/mol. The van der Waals surface area contributed by atoms with Crippen molar-refractivity contribution in [3.8, 4) is 17.1 Å². The van der Waals surface area contributed by atoms with Gasteiger partial charge in [-0.2, -0.15) is 4.98 Å². The number of carbonyl (C=O) groups is 1. The smallest absolute Gasteiger partial charge is 0.249 e. The van der Waals surface area contributed by atoms with Gasteiger partial charge in [0.05, 0.1) is 13.5 Å². The molecule has 28 heavy (non-hydrogen) atoms. The Balaban J connectivity index is 1.52. The molecule has 4 rings (SSSR count). The Kier molecular flexibility index (Phi) is 5.10. The molecule has 0 unspecified atom stereocenters. The summed E-state index contributed by atoms with van der Waals surface area (Å²) in [7, 11) is 1.62. The lowest BCUT2D eigenvalue weighted by Gasteiger charge is -2.22. The van der Waals surface area contributed by atoms with E-state index >= 15 is 0 Å². The highest BCUT2D eigenvalue weighted by Gasteiger charge is 2.34. The van der Waals surface area contributed by atoms with Crippen LogP contribution in [0.1, 0.15) is 35.9 Å². The van der Waals surface area contributed by atoms with E-state index in [1.165, 1.54) is 5.56 Å². The average molecular weight is 377 g/mol. The first-order chi connectivity index (χ1) is 13.7. The van der Waals surface area contributed by atoms with Crippen LogP contribution < -0.4 is 4.74 Å². The van der Waals surface area contributed by atoms with Crippen molar-refractivity contribution >= 4 is 5.91 Å². The van der Waals surface area contributed by atoms with Crippen molar-refractivity contribution < 1.29 is 14.1 Å². The summed E-state index contributed by atoms with van der Waals surface area (Å²) in [5, 5.41) is 4.12. The van der Waals surface area contributed by atoms with Crippen LogP contribution in [0.4, 0.5) is 0 Å². The minimum absolute atomic E-state index is 0.0436. The van der Waals surface area contributed by atoms with Crippen LogP contribution in [-0.4, -0.2) is 34.6 Å². The molecule has 1 aliphatic rings. The van der Waals surface area contributed by atoms with E-state index in [2.05, 4.69) is 10.1 Å². The molecule has 1 aliphatic heterocycles. The zero-order valence-electron chi connectivity index (χ0n) is 16.1. The standard InChI is InChI=1S/C22H23N3O3/c1-15-9-11-16(12-10-15)21-23-22(28-24-21)18-7-5-13-25(18)20(26)14-17-6-3-4-8-19(17)27-2/h3-4,6,8-12,18H,5,7,13-14H2,1-2H3/t18-/m0/s1. The normalized spacial score (nSPS) is 16.4. The van der Waals surface area contributed by atoms with Crippen LogP contribution in [0.15, 0.2) is 53.1 Å². The molecule has 0 aliphatic carbocycles. The number of nitrogens with zero attached hydrogens (tertiary/aromatic N) is 3. The molecule has 1 saturated heterocycles. The maximum atomic E-state index is 13.0. The van der Waals surface area contributed by atoms with Crippen molar-refractivity contribution in [3.63, 3.8) is 0 Å². The first-order valence-corrected chi connectivity index (χ1v) is 9.47. The van der Waals surface area contributed by atoms with Gasteiger partial charge in [0.2, 0.25) is 17.6 Å². The van der Waals surface area contributed by atoms with Gasteiger partial charge in [-0.05, 0) is 25.8 Å². The van der Waals surface area contributed by atoms with Crippen LogP contribution in [0.25, 0.3) is 11.4 Å². The maximum absolute atomic E-state index is 13.0. The van der Waals surface area contributed by atoms with Gasteiger partial charge in [0.1, 0.15) is 11.8 Å². The number of methoxy groups -OCH3 is 1. The second kappa shape index (κ2) is 7.84. The number of carbonyl (C=O) groups excluding carboxylic acids is 1.